The Morgan fingerprint density at radius 3 is 1.32 bits per heavy atom. The van der Waals surface area contributed by atoms with Gasteiger partial charge in [0.25, 0.3) is 0 Å². The molecule has 0 aliphatic rings. The lowest BCUT2D eigenvalue weighted by molar-refractivity contribution is 0.239. The van der Waals surface area contributed by atoms with E-state index in [1.165, 1.54) is 0 Å². The van der Waals surface area contributed by atoms with Crippen molar-refractivity contribution >= 4 is 0 Å². The summed E-state index contributed by atoms with van der Waals surface area (Å²) >= 11 is 0. The van der Waals surface area contributed by atoms with Gasteiger partial charge >= 0.3 is 0 Å². The monoisotopic (exact) mass is 444 g/mol. The fourth-order valence-corrected chi connectivity index (χ4v) is 3.80. The highest BCUT2D eigenvalue weighted by molar-refractivity contribution is 5.54. The second-order valence-corrected chi connectivity index (χ2v) is 7.92. The number of hydrogen-bond acceptors (Lipinski definition) is 6. The molecule has 6 nitrogen and oxygen atoms in total. The highest BCUT2D eigenvalue weighted by Crippen LogP contribution is 2.18. The third-order valence-corrected chi connectivity index (χ3v) is 5.35. The van der Waals surface area contributed by atoms with E-state index in [4.69, 9.17) is 9.97 Å². The molecule has 0 saturated carbocycles. The van der Waals surface area contributed by atoms with Crippen molar-refractivity contribution in [3.63, 3.8) is 0 Å². The fraction of sp³-hybridized carbons (Fsp3) is 0.107. The van der Waals surface area contributed by atoms with Crippen LogP contribution in [0.3, 0.4) is 0 Å². The molecular formula is C28H24N6. The van der Waals surface area contributed by atoms with Gasteiger partial charge in [-0.15, -0.1) is 0 Å². The minimum Gasteiger partial charge on any atom is -0.286 e. The Kier molecular flexibility index (Phi) is 6.69. The molecule has 0 atom stereocenters. The number of aromatic nitrogens is 5. The van der Waals surface area contributed by atoms with Crippen LogP contribution in [0.25, 0.3) is 22.8 Å². The van der Waals surface area contributed by atoms with Crippen molar-refractivity contribution in [1.29, 1.82) is 0 Å². The molecule has 5 heterocycles. The van der Waals surface area contributed by atoms with Gasteiger partial charge in [0, 0.05) is 38.2 Å². The molecule has 0 aliphatic carbocycles. The number of nitrogens with zero attached hydrogens (tertiary/aromatic N) is 6. The van der Waals surface area contributed by atoms with Crippen molar-refractivity contribution in [3.8, 4) is 22.8 Å². The van der Waals surface area contributed by atoms with Crippen LogP contribution < -0.4 is 0 Å². The summed E-state index contributed by atoms with van der Waals surface area (Å²) in [5.41, 5.74) is 6.41. The first-order chi connectivity index (χ1) is 16.8. The normalized spacial score (nSPS) is 11.0. The smallest absolute Gasteiger partial charge is 0.0890 e. The van der Waals surface area contributed by atoms with Crippen LogP contribution in [0.15, 0.2) is 110 Å². The Bertz CT molecular complexity index is 1240. The first kappa shape index (κ1) is 21.6. The zero-order chi connectivity index (χ0) is 23.0. The Labute approximate surface area is 199 Å². The van der Waals surface area contributed by atoms with Crippen LogP contribution in [0, 0.1) is 0 Å². The standard InChI is InChI=1S/C28H24N6/c1-4-16-29-22(9-1)19-34(20-23-10-7-14-27(32-23)25-12-2-5-17-30-25)21-24-11-8-15-28(33-24)26-13-3-6-18-31-26/h1-18H,19-21H2. The average molecular weight is 445 g/mol. The first-order valence-electron chi connectivity index (χ1n) is 11.2. The molecule has 6 heteroatoms. The fourth-order valence-electron chi connectivity index (χ4n) is 3.80. The van der Waals surface area contributed by atoms with Crippen molar-refractivity contribution in [1.82, 2.24) is 29.8 Å². The maximum atomic E-state index is 4.88. The molecule has 0 saturated heterocycles. The van der Waals surface area contributed by atoms with E-state index in [9.17, 15) is 0 Å². The molecule has 5 aromatic heterocycles. The molecule has 0 N–H and O–H groups in total. The number of pyridine rings is 5. The molecule has 0 spiro atoms. The molecule has 166 valence electrons. The molecule has 34 heavy (non-hydrogen) atoms. The minimum absolute atomic E-state index is 0.659. The van der Waals surface area contributed by atoms with Gasteiger partial charge in [-0.3, -0.25) is 19.9 Å². The predicted molar refractivity (Wildman–Crippen MR) is 132 cm³/mol. The number of hydrogen-bond donors (Lipinski definition) is 0. The summed E-state index contributed by atoms with van der Waals surface area (Å²) in [6.45, 7) is 2.01. The van der Waals surface area contributed by atoms with Gasteiger partial charge in [-0.1, -0.05) is 30.3 Å². The van der Waals surface area contributed by atoms with Gasteiger partial charge in [0.1, 0.15) is 0 Å². The van der Waals surface area contributed by atoms with Gasteiger partial charge in [-0.2, -0.15) is 0 Å². The van der Waals surface area contributed by atoms with Crippen molar-refractivity contribution in [3.05, 3.63) is 127 Å². The minimum atomic E-state index is 0.659. The Balaban J connectivity index is 1.41. The number of rotatable bonds is 8. The summed E-state index contributed by atoms with van der Waals surface area (Å²) < 4.78 is 0. The third kappa shape index (κ3) is 5.54. The van der Waals surface area contributed by atoms with Crippen LogP contribution in [0.1, 0.15) is 17.1 Å². The van der Waals surface area contributed by atoms with E-state index >= 15 is 0 Å². The van der Waals surface area contributed by atoms with E-state index in [0.29, 0.717) is 19.6 Å². The van der Waals surface area contributed by atoms with Crippen LogP contribution in [0.2, 0.25) is 0 Å². The Hall–Kier alpha value is -4.29. The summed E-state index contributed by atoms with van der Waals surface area (Å²) in [5, 5.41) is 0. The quantitative estimate of drug-likeness (QED) is 0.328. The van der Waals surface area contributed by atoms with Gasteiger partial charge < -0.3 is 0 Å². The lowest BCUT2D eigenvalue weighted by Gasteiger charge is -2.22. The SMILES string of the molecule is c1ccc(CN(Cc2cccc(-c3ccccn3)n2)Cc2cccc(-c3ccccn3)n2)nc1. The maximum Gasteiger partial charge on any atom is 0.0890 e. The molecule has 0 fully saturated rings. The van der Waals surface area contributed by atoms with Crippen LogP contribution in [-0.2, 0) is 19.6 Å². The van der Waals surface area contributed by atoms with Crippen molar-refractivity contribution < 1.29 is 0 Å². The summed E-state index contributed by atoms with van der Waals surface area (Å²) in [6, 6.07) is 29.9. The van der Waals surface area contributed by atoms with E-state index in [2.05, 4.69) is 32.0 Å². The molecule has 0 amide bonds. The summed E-state index contributed by atoms with van der Waals surface area (Å²) in [7, 11) is 0. The van der Waals surface area contributed by atoms with Gasteiger partial charge in [-0.05, 0) is 60.7 Å². The van der Waals surface area contributed by atoms with Gasteiger partial charge in [0.05, 0.1) is 39.9 Å². The molecular weight excluding hydrogens is 420 g/mol. The van der Waals surface area contributed by atoms with Crippen LogP contribution in [0.5, 0.6) is 0 Å². The molecule has 0 radical (unpaired) electrons. The zero-order valence-electron chi connectivity index (χ0n) is 18.7. The summed E-state index contributed by atoms with van der Waals surface area (Å²) in [4.78, 5) is 25.5. The average Bonchev–Trinajstić information content (AvgIpc) is 2.91. The van der Waals surface area contributed by atoms with Crippen LogP contribution in [-0.4, -0.2) is 29.8 Å². The second kappa shape index (κ2) is 10.6. The summed E-state index contributed by atoms with van der Waals surface area (Å²) in [6.07, 6.45) is 5.40. The maximum absolute atomic E-state index is 4.88. The van der Waals surface area contributed by atoms with Gasteiger partial charge in [0.2, 0.25) is 0 Å². The largest absolute Gasteiger partial charge is 0.286 e. The molecule has 0 bridgehead atoms. The first-order valence-corrected chi connectivity index (χ1v) is 11.2. The topological polar surface area (TPSA) is 67.7 Å². The molecule has 0 aliphatic heterocycles. The van der Waals surface area contributed by atoms with E-state index in [1.807, 2.05) is 85.1 Å². The predicted octanol–water partition coefficient (Wildman–Crippen LogP) is 5.20. The second-order valence-electron chi connectivity index (χ2n) is 7.92. The van der Waals surface area contributed by atoms with Crippen LogP contribution >= 0.6 is 0 Å². The van der Waals surface area contributed by atoms with Crippen molar-refractivity contribution in [2.75, 3.05) is 0 Å². The zero-order valence-corrected chi connectivity index (χ0v) is 18.7. The molecule has 5 aromatic rings. The van der Waals surface area contributed by atoms with Crippen LogP contribution in [0.4, 0.5) is 0 Å². The highest BCUT2D eigenvalue weighted by Gasteiger charge is 2.13. The highest BCUT2D eigenvalue weighted by atomic mass is 15.1. The van der Waals surface area contributed by atoms with Gasteiger partial charge in [-0.25, -0.2) is 9.97 Å². The summed E-state index contributed by atoms with van der Waals surface area (Å²) in [5.74, 6) is 0. The van der Waals surface area contributed by atoms with Crippen molar-refractivity contribution in [2.45, 2.75) is 19.6 Å². The lowest BCUT2D eigenvalue weighted by Crippen LogP contribution is -2.24. The van der Waals surface area contributed by atoms with E-state index in [-0.39, 0.29) is 0 Å². The van der Waals surface area contributed by atoms with Gasteiger partial charge in [0.15, 0.2) is 0 Å². The van der Waals surface area contributed by atoms with E-state index < -0.39 is 0 Å². The lowest BCUT2D eigenvalue weighted by atomic mass is 10.2. The Morgan fingerprint density at radius 1 is 0.412 bits per heavy atom. The Morgan fingerprint density at radius 2 is 0.853 bits per heavy atom. The molecule has 0 aromatic carbocycles. The third-order valence-electron chi connectivity index (χ3n) is 5.35. The molecule has 5 rings (SSSR count). The van der Waals surface area contributed by atoms with E-state index in [0.717, 1.165) is 39.9 Å². The van der Waals surface area contributed by atoms with E-state index in [1.54, 1.807) is 12.4 Å². The molecule has 0 unspecified atom stereocenters. The van der Waals surface area contributed by atoms with Crippen molar-refractivity contribution in [2.24, 2.45) is 0 Å².